The standard InChI is InChI=1S/C13H16O3/c1-9(2)15-13-6-5-12(7-10(13)8-14)16-11-3-4-11/h5-9,11H,3-4H2,1-2H3. The zero-order chi connectivity index (χ0) is 11.5. The van der Waals surface area contributed by atoms with Crippen molar-refractivity contribution in [2.75, 3.05) is 0 Å². The second kappa shape index (κ2) is 4.56. The largest absolute Gasteiger partial charge is 0.490 e. The van der Waals surface area contributed by atoms with Gasteiger partial charge in [-0.15, -0.1) is 0 Å². The fourth-order valence-corrected chi connectivity index (χ4v) is 1.43. The van der Waals surface area contributed by atoms with Crippen molar-refractivity contribution in [2.24, 2.45) is 0 Å². The normalized spacial score (nSPS) is 14.9. The molecular formula is C13H16O3. The molecule has 0 aliphatic heterocycles. The van der Waals surface area contributed by atoms with Gasteiger partial charge < -0.3 is 9.47 Å². The third kappa shape index (κ3) is 2.75. The van der Waals surface area contributed by atoms with Gasteiger partial charge in [0, 0.05) is 0 Å². The van der Waals surface area contributed by atoms with E-state index in [9.17, 15) is 4.79 Å². The fourth-order valence-electron chi connectivity index (χ4n) is 1.43. The number of hydrogen-bond donors (Lipinski definition) is 0. The second-order valence-corrected chi connectivity index (χ2v) is 4.30. The lowest BCUT2D eigenvalue weighted by atomic mass is 10.2. The van der Waals surface area contributed by atoms with E-state index >= 15 is 0 Å². The molecule has 0 heterocycles. The zero-order valence-corrected chi connectivity index (χ0v) is 9.60. The number of carbonyl (C=O) groups is 1. The third-order valence-electron chi connectivity index (χ3n) is 2.30. The molecule has 1 fully saturated rings. The van der Waals surface area contributed by atoms with Crippen molar-refractivity contribution in [2.45, 2.75) is 38.9 Å². The van der Waals surface area contributed by atoms with Crippen molar-refractivity contribution in [1.29, 1.82) is 0 Å². The number of carbonyl (C=O) groups excluding carboxylic acids is 1. The Morgan fingerprint density at radius 3 is 2.69 bits per heavy atom. The van der Waals surface area contributed by atoms with Gasteiger partial charge in [0.1, 0.15) is 11.5 Å². The molecule has 1 saturated carbocycles. The maximum absolute atomic E-state index is 10.9. The summed E-state index contributed by atoms with van der Waals surface area (Å²) < 4.78 is 11.1. The molecule has 1 aromatic rings. The fraction of sp³-hybridized carbons (Fsp3) is 0.462. The summed E-state index contributed by atoms with van der Waals surface area (Å²) in [6.07, 6.45) is 3.43. The van der Waals surface area contributed by atoms with Crippen LogP contribution in [0.3, 0.4) is 0 Å². The topological polar surface area (TPSA) is 35.5 Å². The molecule has 1 aliphatic carbocycles. The van der Waals surface area contributed by atoms with Crippen LogP contribution in [0.4, 0.5) is 0 Å². The molecule has 1 aromatic carbocycles. The van der Waals surface area contributed by atoms with Gasteiger partial charge in [0.2, 0.25) is 0 Å². The number of aldehydes is 1. The van der Waals surface area contributed by atoms with Gasteiger partial charge in [-0.1, -0.05) is 0 Å². The number of hydrogen-bond acceptors (Lipinski definition) is 3. The quantitative estimate of drug-likeness (QED) is 0.716. The van der Waals surface area contributed by atoms with Gasteiger partial charge in [0.15, 0.2) is 6.29 Å². The van der Waals surface area contributed by atoms with Crippen LogP contribution >= 0.6 is 0 Å². The van der Waals surface area contributed by atoms with E-state index in [0.29, 0.717) is 17.4 Å². The highest BCUT2D eigenvalue weighted by atomic mass is 16.5. The van der Waals surface area contributed by atoms with Crippen LogP contribution in [0.25, 0.3) is 0 Å². The van der Waals surface area contributed by atoms with Crippen molar-refractivity contribution in [3.8, 4) is 11.5 Å². The molecule has 0 saturated heterocycles. The minimum absolute atomic E-state index is 0.0638. The van der Waals surface area contributed by atoms with Crippen molar-refractivity contribution >= 4 is 6.29 Å². The summed E-state index contributed by atoms with van der Waals surface area (Å²) in [6, 6.07) is 5.38. The molecule has 0 aromatic heterocycles. The molecule has 86 valence electrons. The van der Waals surface area contributed by atoms with Gasteiger partial charge in [0.05, 0.1) is 17.8 Å². The lowest BCUT2D eigenvalue weighted by Gasteiger charge is -2.13. The summed E-state index contributed by atoms with van der Waals surface area (Å²) in [7, 11) is 0. The van der Waals surface area contributed by atoms with E-state index in [1.807, 2.05) is 19.9 Å². The predicted octanol–water partition coefficient (Wildman–Crippen LogP) is 2.83. The van der Waals surface area contributed by atoms with Crippen molar-refractivity contribution in [1.82, 2.24) is 0 Å². The van der Waals surface area contributed by atoms with Crippen molar-refractivity contribution in [3.05, 3.63) is 23.8 Å². The third-order valence-corrected chi connectivity index (χ3v) is 2.30. The van der Waals surface area contributed by atoms with Gasteiger partial charge in [-0.05, 0) is 44.9 Å². The van der Waals surface area contributed by atoms with Crippen LogP contribution < -0.4 is 9.47 Å². The Hall–Kier alpha value is -1.51. The van der Waals surface area contributed by atoms with E-state index in [1.54, 1.807) is 12.1 Å². The average molecular weight is 220 g/mol. The predicted molar refractivity (Wildman–Crippen MR) is 61.2 cm³/mol. The summed E-state index contributed by atoms with van der Waals surface area (Å²) >= 11 is 0. The minimum atomic E-state index is 0.0638. The smallest absolute Gasteiger partial charge is 0.153 e. The lowest BCUT2D eigenvalue weighted by molar-refractivity contribution is 0.111. The first-order chi connectivity index (χ1) is 7.69. The molecule has 16 heavy (non-hydrogen) atoms. The molecule has 0 radical (unpaired) electrons. The second-order valence-electron chi connectivity index (χ2n) is 4.30. The van der Waals surface area contributed by atoms with E-state index in [1.165, 1.54) is 0 Å². The highest BCUT2D eigenvalue weighted by molar-refractivity contribution is 5.80. The Morgan fingerprint density at radius 1 is 1.38 bits per heavy atom. The maximum atomic E-state index is 10.9. The molecule has 0 N–H and O–H groups in total. The summed E-state index contributed by atoms with van der Waals surface area (Å²) in [5.74, 6) is 1.37. The van der Waals surface area contributed by atoms with Gasteiger partial charge in [-0.3, -0.25) is 4.79 Å². The Balaban J connectivity index is 2.15. The molecule has 3 heteroatoms. The van der Waals surface area contributed by atoms with E-state index < -0.39 is 0 Å². The first-order valence-electron chi connectivity index (χ1n) is 5.61. The number of ether oxygens (including phenoxy) is 2. The van der Waals surface area contributed by atoms with Crippen LogP contribution in [0.15, 0.2) is 18.2 Å². The van der Waals surface area contributed by atoms with E-state index in [-0.39, 0.29) is 6.10 Å². The van der Waals surface area contributed by atoms with Crippen LogP contribution in [0.5, 0.6) is 11.5 Å². The maximum Gasteiger partial charge on any atom is 0.153 e. The number of benzene rings is 1. The lowest BCUT2D eigenvalue weighted by Crippen LogP contribution is -2.07. The summed E-state index contributed by atoms with van der Waals surface area (Å²) in [4.78, 5) is 10.9. The van der Waals surface area contributed by atoms with Crippen LogP contribution in [-0.4, -0.2) is 18.5 Å². The molecule has 2 rings (SSSR count). The Bertz CT molecular complexity index is 381. The highest BCUT2D eigenvalue weighted by Crippen LogP contribution is 2.29. The van der Waals surface area contributed by atoms with E-state index in [4.69, 9.17) is 9.47 Å². The van der Waals surface area contributed by atoms with Crippen molar-refractivity contribution < 1.29 is 14.3 Å². The number of rotatable bonds is 5. The molecule has 0 amide bonds. The molecule has 0 bridgehead atoms. The molecular weight excluding hydrogens is 204 g/mol. The van der Waals surface area contributed by atoms with Gasteiger partial charge in [-0.25, -0.2) is 0 Å². The first-order valence-corrected chi connectivity index (χ1v) is 5.61. The zero-order valence-electron chi connectivity index (χ0n) is 9.60. The molecule has 0 unspecified atom stereocenters. The Kier molecular flexibility index (Phi) is 3.13. The first kappa shape index (κ1) is 11.0. The summed E-state index contributed by atoms with van der Waals surface area (Å²) in [5.41, 5.74) is 0.548. The molecule has 3 nitrogen and oxygen atoms in total. The minimum Gasteiger partial charge on any atom is -0.490 e. The SMILES string of the molecule is CC(C)Oc1ccc(OC2CC2)cc1C=O. The molecule has 0 spiro atoms. The van der Waals surface area contributed by atoms with Crippen LogP contribution in [0.1, 0.15) is 37.0 Å². The van der Waals surface area contributed by atoms with Gasteiger partial charge in [-0.2, -0.15) is 0 Å². The van der Waals surface area contributed by atoms with E-state index in [2.05, 4.69) is 0 Å². The van der Waals surface area contributed by atoms with Crippen LogP contribution in [-0.2, 0) is 0 Å². The Labute approximate surface area is 95.4 Å². The van der Waals surface area contributed by atoms with Crippen LogP contribution in [0.2, 0.25) is 0 Å². The average Bonchev–Trinajstić information content (AvgIpc) is 3.03. The summed E-state index contributed by atoms with van der Waals surface area (Å²) in [6.45, 7) is 3.87. The monoisotopic (exact) mass is 220 g/mol. The van der Waals surface area contributed by atoms with Gasteiger partial charge in [0.25, 0.3) is 0 Å². The molecule has 0 atom stereocenters. The summed E-state index contributed by atoms with van der Waals surface area (Å²) in [5, 5.41) is 0. The van der Waals surface area contributed by atoms with Crippen LogP contribution in [0, 0.1) is 0 Å². The van der Waals surface area contributed by atoms with Crippen molar-refractivity contribution in [3.63, 3.8) is 0 Å². The highest BCUT2D eigenvalue weighted by Gasteiger charge is 2.23. The molecule has 1 aliphatic rings. The van der Waals surface area contributed by atoms with Gasteiger partial charge >= 0.3 is 0 Å². The van der Waals surface area contributed by atoms with E-state index in [0.717, 1.165) is 24.9 Å². The Morgan fingerprint density at radius 2 is 2.12 bits per heavy atom.